The molecule has 0 unspecified atom stereocenters. The van der Waals surface area contributed by atoms with Crippen LogP contribution in [0.2, 0.25) is 0 Å². The number of hydrogen-bond acceptors (Lipinski definition) is 5. The Hall–Kier alpha value is -2.58. The Kier molecular flexibility index (Phi) is 4.53. The molecule has 0 radical (unpaired) electrons. The van der Waals surface area contributed by atoms with Crippen molar-refractivity contribution in [2.45, 2.75) is 0 Å². The molecule has 1 N–H and O–H groups in total. The van der Waals surface area contributed by atoms with Crippen molar-refractivity contribution in [3.05, 3.63) is 58.4 Å². The van der Waals surface area contributed by atoms with Gasteiger partial charge in [0, 0.05) is 17.5 Å². The number of carbonyl (C=O) groups is 1. The fourth-order valence-corrected chi connectivity index (χ4v) is 2.23. The molecule has 1 aromatic heterocycles. The van der Waals surface area contributed by atoms with Crippen LogP contribution in [-0.2, 0) is 4.74 Å². The summed E-state index contributed by atoms with van der Waals surface area (Å²) in [4.78, 5) is 11.3. The predicted molar refractivity (Wildman–Crippen MR) is 79.3 cm³/mol. The quantitative estimate of drug-likeness (QED) is 0.689. The molecule has 100 valence electrons. The predicted octanol–water partition coefficient (Wildman–Crippen LogP) is 3.51. The van der Waals surface area contributed by atoms with Crippen LogP contribution in [0, 0.1) is 11.3 Å². The highest BCUT2D eigenvalue weighted by atomic mass is 32.1. The molecule has 0 spiro atoms. The Morgan fingerprint density at radius 2 is 2.05 bits per heavy atom. The lowest BCUT2D eigenvalue weighted by Gasteiger charge is -2.03. The van der Waals surface area contributed by atoms with Crippen LogP contribution in [0.5, 0.6) is 0 Å². The van der Waals surface area contributed by atoms with Crippen LogP contribution in [0.4, 0.5) is 5.69 Å². The average molecular weight is 284 g/mol. The van der Waals surface area contributed by atoms with Gasteiger partial charge in [-0.1, -0.05) is 0 Å². The van der Waals surface area contributed by atoms with Crippen LogP contribution in [-0.4, -0.2) is 13.1 Å². The number of rotatable bonds is 4. The van der Waals surface area contributed by atoms with E-state index in [0.717, 1.165) is 11.3 Å². The zero-order valence-corrected chi connectivity index (χ0v) is 11.6. The summed E-state index contributed by atoms with van der Waals surface area (Å²) >= 11 is 1.54. The molecule has 1 aromatic carbocycles. The van der Waals surface area contributed by atoms with Gasteiger partial charge in [0.15, 0.2) is 0 Å². The van der Waals surface area contributed by atoms with Gasteiger partial charge in [-0.2, -0.15) is 16.6 Å². The van der Waals surface area contributed by atoms with Crippen molar-refractivity contribution in [2.75, 3.05) is 12.4 Å². The van der Waals surface area contributed by atoms with Crippen molar-refractivity contribution in [2.24, 2.45) is 0 Å². The third kappa shape index (κ3) is 3.25. The number of esters is 1. The second-order valence-electron chi connectivity index (χ2n) is 3.90. The minimum absolute atomic E-state index is 0.372. The average Bonchev–Trinajstić information content (AvgIpc) is 3.02. The van der Waals surface area contributed by atoms with E-state index < -0.39 is 0 Å². The minimum Gasteiger partial charge on any atom is -0.465 e. The van der Waals surface area contributed by atoms with E-state index in [9.17, 15) is 4.79 Å². The number of hydrogen-bond donors (Lipinski definition) is 1. The summed E-state index contributed by atoms with van der Waals surface area (Å²) in [6.07, 6.45) is 1.65. The monoisotopic (exact) mass is 284 g/mol. The van der Waals surface area contributed by atoms with Crippen molar-refractivity contribution in [3.8, 4) is 6.07 Å². The van der Waals surface area contributed by atoms with E-state index in [4.69, 9.17) is 5.26 Å². The molecule has 0 bridgehead atoms. The molecule has 0 saturated carbocycles. The zero-order chi connectivity index (χ0) is 14.4. The van der Waals surface area contributed by atoms with E-state index in [2.05, 4.69) is 16.1 Å². The molecular formula is C15H12N2O2S. The number of methoxy groups -OCH3 is 1. The molecule has 1 heterocycles. The fourth-order valence-electron chi connectivity index (χ4n) is 1.57. The minimum atomic E-state index is -0.372. The standard InChI is InChI=1S/C15H12N2O2S/c1-19-15(18)11-2-4-14(5-3-11)17-9-13(8-16)12-6-7-20-10-12/h2-7,9-10,17H,1H3/b13-9+. The molecular weight excluding hydrogens is 272 g/mol. The number of ether oxygens (including phenoxy) is 1. The van der Waals surface area contributed by atoms with Crippen molar-refractivity contribution in [1.29, 1.82) is 5.26 Å². The van der Waals surface area contributed by atoms with Gasteiger partial charge in [0.2, 0.25) is 0 Å². The zero-order valence-electron chi connectivity index (χ0n) is 10.8. The Morgan fingerprint density at radius 1 is 1.30 bits per heavy atom. The van der Waals surface area contributed by atoms with Gasteiger partial charge in [0.1, 0.15) is 6.07 Å². The Morgan fingerprint density at radius 3 is 2.60 bits per heavy atom. The van der Waals surface area contributed by atoms with Gasteiger partial charge in [-0.15, -0.1) is 0 Å². The van der Waals surface area contributed by atoms with Gasteiger partial charge < -0.3 is 10.1 Å². The Bertz CT molecular complexity index is 652. The van der Waals surface area contributed by atoms with E-state index in [0.29, 0.717) is 11.1 Å². The lowest BCUT2D eigenvalue weighted by atomic mass is 10.1. The molecule has 0 aliphatic carbocycles. The second-order valence-corrected chi connectivity index (χ2v) is 4.68. The molecule has 20 heavy (non-hydrogen) atoms. The summed E-state index contributed by atoms with van der Waals surface area (Å²) in [5.74, 6) is -0.372. The topological polar surface area (TPSA) is 62.1 Å². The highest BCUT2D eigenvalue weighted by Crippen LogP contribution is 2.18. The molecule has 4 nitrogen and oxygen atoms in total. The van der Waals surface area contributed by atoms with Gasteiger partial charge in [0.25, 0.3) is 0 Å². The van der Waals surface area contributed by atoms with Crippen molar-refractivity contribution in [1.82, 2.24) is 0 Å². The summed E-state index contributed by atoms with van der Waals surface area (Å²) < 4.78 is 4.63. The van der Waals surface area contributed by atoms with Gasteiger partial charge in [-0.05, 0) is 41.1 Å². The summed E-state index contributed by atoms with van der Waals surface area (Å²) in [5.41, 5.74) is 2.72. The van der Waals surface area contributed by atoms with Crippen molar-refractivity contribution in [3.63, 3.8) is 0 Å². The molecule has 0 aliphatic rings. The maximum atomic E-state index is 11.3. The molecule has 0 atom stereocenters. The summed E-state index contributed by atoms with van der Waals surface area (Å²) in [5, 5.41) is 16.0. The Balaban J connectivity index is 2.11. The first-order valence-electron chi connectivity index (χ1n) is 5.82. The number of allylic oxidation sites excluding steroid dienone is 1. The van der Waals surface area contributed by atoms with Gasteiger partial charge in [-0.3, -0.25) is 0 Å². The van der Waals surface area contributed by atoms with Gasteiger partial charge in [-0.25, -0.2) is 4.79 Å². The normalized spacial score (nSPS) is 10.7. The SMILES string of the molecule is COC(=O)c1ccc(N/C=C(\C#N)c2ccsc2)cc1. The summed E-state index contributed by atoms with van der Waals surface area (Å²) in [6.45, 7) is 0. The molecule has 5 heteroatoms. The van der Waals surface area contributed by atoms with E-state index in [1.165, 1.54) is 7.11 Å². The largest absolute Gasteiger partial charge is 0.465 e. The second kappa shape index (κ2) is 6.55. The first-order valence-corrected chi connectivity index (χ1v) is 6.76. The number of benzene rings is 1. The van der Waals surface area contributed by atoms with Crippen LogP contribution < -0.4 is 5.32 Å². The number of thiophene rings is 1. The van der Waals surface area contributed by atoms with Crippen molar-refractivity contribution < 1.29 is 9.53 Å². The van der Waals surface area contributed by atoms with Crippen LogP contribution in [0.25, 0.3) is 5.57 Å². The lowest BCUT2D eigenvalue weighted by molar-refractivity contribution is 0.0601. The summed E-state index contributed by atoms with van der Waals surface area (Å²) in [7, 11) is 1.34. The maximum absolute atomic E-state index is 11.3. The van der Waals surface area contributed by atoms with Crippen molar-refractivity contribution >= 4 is 28.6 Å². The summed E-state index contributed by atoms with van der Waals surface area (Å²) in [6, 6.07) is 10.9. The first kappa shape index (κ1) is 13.8. The molecule has 2 aromatic rings. The number of carbonyl (C=O) groups excluding carboxylic acids is 1. The molecule has 0 saturated heterocycles. The van der Waals surface area contributed by atoms with Gasteiger partial charge in [0.05, 0.1) is 18.2 Å². The number of nitrogens with one attached hydrogen (secondary N) is 1. The molecule has 0 aliphatic heterocycles. The van der Waals surface area contributed by atoms with Crippen LogP contribution >= 0.6 is 11.3 Å². The van der Waals surface area contributed by atoms with Crippen LogP contribution in [0.15, 0.2) is 47.3 Å². The van der Waals surface area contributed by atoms with E-state index in [1.807, 2.05) is 16.8 Å². The van der Waals surface area contributed by atoms with Crippen LogP contribution in [0.1, 0.15) is 15.9 Å². The molecule has 2 rings (SSSR count). The highest BCUT2D eigenvalue weighted by Gasteiger charge is 2.04. The van der Waals surface area contributed by atoms with E-state index in [-0.39, 0.29) is 5.97 Å². The van der Waals surface area contributed by atoms with E-state index in [1.54, 1.807) is 41.8 Å². The number of anilines is 1. The highest BCUT2D eigenvalue weighted by molar-refractivity contribution is 7.08. The lowest BCUT2D eigenvalue weighted by Crippen LogP contribution is -2.00. The maximum Gasteiger partial charge on any atom is 0.337 e. The number of nitrogens with zero attached hydrogens (tertiary/aromatic N) is 1. The molecule has 0 amide bonds. The third-order valence-electron chi connectivity index (χ3n) is 2.64. The smallest absolute Gasteiger partial charge is 0.337 e. The fraction of sp³-hybridized carbons (Fsp3) is 0.0667. The molecule has 0 fully saturated rings. The van der Waals surface area contributed by atoms with Crippen LogP contribution in [0.3, 0.4) is 0 Å². The third-order valence-corrected chi connectivity index (χ3v) is 3.33. The number of nitriles is 1. The Labute approximate surface area is 120 Å². The van der Waals surface area contributed by atoms with E-state index >= 15 is 0 Å². The van der Waals surface area contributed by atoms with Gasteiger partial charge >= 0.3 is 5.97 Å². The first-order chi connectivity index (χ1) is 9.74.